The number of anilines is 1. The molecular formula is C20H31NO2. The first-order valence-corrected chi connectivity index (χ1v) is 9.43. The Morgan fingerprint density at radius 1 is 1.17 bits per heavy atom. The Bertz CT molecular complexity index is 515. The highest BCUT2D eigenvalue weighted by molar-refractivity contribution is 5.63. The molecule has 1 aliphatic carbocycles. The fraction of sp³-hybridized carbons (Fsp3) is 0.700. The fourth-order valence-electron chi connectivity index (χ4n) is 3.91. The normalized spacial score (nSPS) is 21.0. The quantitative estimate of drug-likeness (QED) is 0.759. The van der Waals surface area contributed by atoms with Crippen molar-refractivity contribution in [2.24, 2.45) is 5.92 Å². The number of hydrogen-bond acceptors (Lipinski definition) is 3. The van der Waals surface area contributed by atoms with Crippen LogP contribution in [0.2, 0.25) is 0 Å². The van der Waals surface area contributed by atoms with Gasteiger partial charge in [0.15, 0.2) is 0 Å². The molecule has 128 valence electrons. The van der Waals surface area contributed by atoms with E-state index in [2.05, 4.69) is 30.9 Å². The van der Waals surface area contributed by atoms with Gasteiger partial charge in [-0.1, -0.05) is 19.8 Å². The Kier molecular flexibility index (Phi) is 5.82. The van der Waals surface area contributed by atoms with Gasteiger partial charge in [-0.05, 0) is 61.8 Å². The molecule has 0 saturated heterocycles. The van der Waals surface area contributed by atoms with Gasteiger partial charge in [0.1, 0.15) is 12.4 Å². The zero-order chi connectivity index (χ0) is 16.1. The van der Waals surface area contributed by atoms with Crippen molar-refractivity contribution in [3.8, 4) is 5.75 Å². The first kappa shape index (κ1) is 16.6. The van der Waals surface area contributed by atoms with Crippen LogP contribution in [0, 0.1) is 5.92 Å². The zero-order valence-electron chi connectivity index (χ0n) is 14.8. The summed E-state index contributed by atoms with van der Waals surface area (Å²) in [5.41, 5.74) is 4.35. The molecule has 23 heavy (non-hydrogen) atoms. The van der Waals surface area contributed by atoms with Crippen molar-refractivity contribution < 1.29 is 9.47 Å². The van der Waals surface area contributed by atoms with Crippen LogP contribution in [0.4, 0.5) is 5.69 Å². The highest BCUT2D eigenvalue weighted by Gasteiger charge is 2.22. The summed E-state index contributed by atoms with van der Waals surface area (Å²) in [5, 5.41) is 0. The van der Waals surface area contributed by atoms with E-state index in [1.807, 2.05) is 0 Å². The summed E-state index contributed by atoms with van der Waals surface area (Å²) < 4.78 is 11.5. The molecule has 0 N–H and O–H groups in total. The molecule has 1 aromatic rings. The van der Waals surface area contributed by atoms with Crippen molar-refractivity contribution in [3.63, 3.8) is 0 Å². The van der Waals surface area contributed by atoms with Gasteiger partial charge in [-0.2, -0.15) is 0 Å². The maximum absolute atomic E-state index is 5.96. The Labute approximate surface area is 141 Å². The molecule has 3 nitrogen and oxygen atoms in total. The van der Waals surface area contributed by atoms with Gasteiger partial charge in [0, 0.05) is 13.2 Å². The van der Waals surface area contributed by atoms with Crippen molar-refractivity contribution in [2.45, 2.75) is 52.4 Å². The number of nitrogens with zero attached hydrogens (tertiary/aromatic N) is 1. The largest absolute Gasteiger partial charge is 0.490 e. The molecule has 3 rings (SSSR count). The van der Waals surface area contributed by atoms with Crippen LogP contribution < -0.4 is 9.64 Å². The predicted molar refractivity (Wildman–Crippen MR) is 95.7 cm³/mol. The molecule has 0 fully saturated rings. The predicted octanol–water partition coefficient (Wildman–Crippen LogP) is 4.22. The summed E-state index contributed by atoms with van der Waals surface area (Å²) in [6.07, 6.45) is 7.79. The smallest absolute Gasteiger partial charge is 0.142 e. The lowest BCUT2D eigenvalue weighted by molar-refractivity contribution is 0.152. The van der Waals surface area contributed by atoms with Gasteiger partial charge in [-0.3, -0.25) is 0 Å². The molecule has 0 amide bonds. The van der Waals surface area contributed by atoms with Gasteiger partial charge in [0.25, 0.3) is 0 Å². The number of aryl methyl sites for hydroxylation is 2. The van der Waals surface area contributed by atoms with Crippen LogP contribution in [0.1, 0.15) is 50.7 Å². The molecule has 2 aliphatic rings. The number of ether oxygens (including phenoxy) is 2. The summed E-state index contributed by atoms with van der Waals surface area (Å²) in [7, 11) is 0. The number of hydrogen-bond donors (Lipinski definition) is 0. The molecule has 0 saturated carbocycles. The van der Waals surface area contributed by atoms with E-state index in [0.29, 0.717) is 0 Å². The third-order valence-electron chi connectivity index (χ3n) is 5.41. The molecule has 1 aromatic carbocycles. The molecular weight excluding hydrogens is 286 g/mol. The standard InChI is InChI=1S/C20H31NO2/c1-3-16-6-5-7-17-15-20-19(14-18(17)9-8-16)21(11-13-23-20)10-12-22-4-2/h14-16H,3-13H2,1-2H3. The minimum absolute atomic E-state index is 0.788. The number of benzene rings is 1. The summed E-state index contributed by atoms with van der Waals surface area (Å²) in [6, 6.07) is 4.73. The Morgan fingerprint density at radius 2 is 2.04 bits per heavy atom. The van der Waals surface area contributed by atoms with E-state index in [1.165, 1.54) is 49.8 Å². The van der Waals surface area contributed by atoms with Gasteiger partial charge in [-0.25, -0.2) is 0 Å². The summed E-state index contributed by atoms with van der Waals surface area (Å²) in [6.45, 7) is 8.70. The molecule has 0 aromatic heterocycles. The van der Waals surface area contributed by atoms with Crippen LogP contribution >= 0.6 is 0 Å². The van der Waals surface area contributed by atoms with Gasteiger partial charge >= 0.3 is 0 Å². The minimum atomic E-state index is 0.788. The van der Waals surface area contributed by atoms with E-state index >= 15 is 0 Å². The number of rotatable bonds is 5. The minimum Gasteiger partial charge on any atom is -0.490 e. The molecule has 1 aliphatic heterocycles. The second-order valence-corrected chi connectivity index (χ2v) is 6.83. The lowest BCUT2D eigenvalue weighted by Gasteiger charge is -2.33. The first-order chi connectivity index (χ1) is 11.3. The SMILES string of the molecule is CCOCCN1CCOc2cc3c(cc21)CCC(CC)CCC3. The van der Waals surface area contributed by atoms with Crippen molar-refractivity contribution >= 4 is 5.69 Å². The van der Waals surface area contributed by atoms with Crippen LogP contribution in [0.25, 0.3) is 0 Å². The van der Waals surface area contributed by atoms with Gasteiger partial charge in [-0.15, -0.1) is 0 Å². The van der Waals surface area contributed by atoms with E-state index in [4.69, 9.17) is 9.47 Å². The van der Waals surface area contributed by atoms with Crippen molar-refractivity contribution in [3.05, 3.63) is 23.3 Å². The fourth-order valence-corrected chi connectivity index (χ4v) is 3.91. The van der Waals surface area contributed by atoms with Gasteiger partial charge in [0.2, 0.25) is 0 Å². The number of fused-ring (bicyclic) bond motifs is 2. The van der Waals surface area contributed by atoms with E-state index in [1.54, 1.807) is 5.56 Å². The van der Waals surface area contributed by atoms with Crippen LogP contribution in [-0.2, 0) is 17.6 Å². The van der Waals surface area contributed by atoms with Crippen molar-refractivity contribution in [1.82, 2.24) is 0 Å². The molecule has 0 radical (unpaired) electrons. The zero-order valence-corrected chi connectivity index (χ0v) is 14.8. The maximum Gasteiger partial charge on any atom is 0.142 e. The Morgan fingerprint density at radius 3 is 2.87 bits per heavy atom. The van der Waals surface area contributed by atoms with Crippen LogP contribution in [-0.4, -0.2) is 32.9 Å². The van der Waals surface area contributed by atoms with Crippen molar-refractivity contribution in [1.29, 1.82) is 0 Å². The van der Waals surface area contributed by atoms with E-state index in [-0.39, 0.29) is 0 Å². The van der Waals surface area contributed by atoms with E-state index < -0.39 is 0 Å². The molecule has 0 bridgehead atoms. The van der Waals surface area contributed by atoms with Crippen molar-refractivity contribution in [2.75, 3.05) is 37.8 Å². The van der Waals surface area contributed by atoms with Crippen LogP contribution in [0.5, 0.6) is 5.75 Å². The van der Waals surface area contributed by atoms with Crippen LogP contribution in [0.15, 0.2) is 12.1 Å². The monoisotopic (exact) mass is 317 g/mol. The molecule has 3 heteroatoms. The Hall–Kier alpha value is -1.22. The maximum atomic E-state index is 5.96. The molecule has 1 atom stereocenters. The molecule has 1 heterocycles. The third-order valence-corrected chi connectivity index (χ3v) is 5.41. The lowest BCUT2D eigenvalue weighted by Crippen LogP contribution is -2.35. The molecule has 1 unspecified atom stereocenters. The second-order valence-electron chi connectivity index (χ2n) is 6.83. The highest BCUT2D eigenvalue weighted by atomic mass is 16.5. The van der Waals surface area contributed by atoms with Crippen LogP contribution in [0.3, 0.4) is 0 Å². The van der Waals surface area contributed by atoms with Gasteiger partial charge in [0.05, 0.1) is 18.8 Å². The summed E-state index contributed by atoms with van der Waals surface area (Å²) in [4.78, 5) is 2.44. The van der Waals surface area contributed by atoms with E-state index in [0.717, 1.165) is 44.6 Å². The second kappa shape index (κ2) is 8.05. The Balaban J connectivity index is 1.80. The molecule has 0 spiro atoms. The summed E-state index contributed by atoms with van der Waals surface area (Å²) >= 11 is 0. The average Bonchev–Trinajstić information content (AvgIpc) is 2.55. The summed E-state index contributed by atoms with van der Waals surface area (Å²) in [5.74, 6) is 1.99. The van der Waals surface area contributed by atoms with E-state index in [9.17, 15) is 0 Å². The first-order valence-electron chi connectivity index (χ1n) is 9.43. The highest BCUT2D eigenvalue weighted by Crippen LogP contribution is 2.37. The lowest BCUT2D eigenvalue weighted by atomic mass is 9.85. The third kappa shape index (κ3) is 4.00. The topological polar surface area (TPSA) is 21.7 Å². The average molecular weight is 317 g/mol. The van der Waals surface area contributed by atoms with Gasteiger partial charge < -0.3 is 14.4 Å².